The van der Waals surface area contributed by atoms with Crippen molar-refractivity contribution in [1.82, 2.24) is 19.9 Å². The number of nitrogens with zero attached hydrogens (tertiary/aromatic N) is 4. The summed E-state index contributed by atoms with van der Waals surface area (Å²) in [6.45, 7) is 7.94. The number of methoxy groups -OCH3 is 1. The van der Waals surface area contributed by atoms with Crippen LogP contribution in [-0.2, 0) is 0 Å². The Hall–Kier alpha value is -2.90. The molecule has 1 aromatic heterocycles. The van der Waals surface area contributed by atoms with Gasteiger partial charge in [-0.2, -0.15) is 4.98 Å². The van der Waals surface area contributed by atoms with Gasteiger partial charge in [-0.3, -0.25) is 4.90 Å². The van der Waals surface area contributed by atoms with Crippen molar-refractivity contribution in [3.63, 3.8) is 0 Å². The van der Waals surface area contributed by atoms with E-state index in [-0.39, 0.29) is 6.04 Å². The van der Waals surface area contributed by atoms with Crippen LogP contribution in [0.25, 0.3) is 11.4 Å². The zero-order chi connectivity index (χ0) is 21.5. The summed E-state index contributed by atoms with van der Waals surface area (Å²) in [6, 6.07) is 17.8. The van der Waals surface area contributed by atoms with Gasteiger partial charge in [-0.15, -0.1) is 0 Å². The summed E-state index contributed by atoms with van der Waals surface area (Å²) in [5, 5.41) is 4.16. The van der Waals surface area contributed by atoms with E-state index in [1.54, 1.807) is 7.11 Å². The lowest BCUT2D eigenvalue weighted by atomic mass is 10.2. The summed E-state index contributed by atoms with van der Waals surface area (Å²) in [7, 11) is 1.67. The zero-order valence-electron chi connectivity index (χ0n) is 18.2. The van der Waals surface area contributed by atoms with E-state index in [1.165, 1.54) is 0 Å². The van der Waals surface area contributed by atoms with Crippen LogP contribution in [0.2, 0.25) is 0 Å². The third-order valence-electron chi connectivity index (χ3n) is 5.73. The van der Waals surface area contributed by atoms with Crippen LogP contribution >= 0.6 is 0 Å². The molecule has 0 radical (unpaired) electrons. The van der Waals surface area contributed by atoms with E-state index in [9.17, 15) is 0 Å². The Morgan fingerprint density at radius 2 is 1.68 bits per heavy atom. The topological polar surface area (TPSA) is 63.9 Å². The van der Waals surface area contributed by atoms with Crippen LogP contribution in [0.5, 0.6) is 11.5 Å². The second kappa shape index (κ2) is 10.4. The summed E-state index contributed by atoms with van der Waals surface area (Å²) < 4.78 is 16.6. The summed E-state index contributed by atoms with van der Waals surface area (Å²) in [4.78, 5) is 9.52. The molecule has 0 N–H and O–H groups in total. The maximum absolute atomic E-state index is 5.83. The first-order valence-corrected chi connectivity index (χ1v) is 10.9. The molecule has 0 saturated carbocycles. The molecule has 0 amide bonds. The van der Waals surface area contributed by atoms with Gasteiger partial charge in [-0.25, -0.2) is 0 Å². The first-order valence-electron chi connectivity index (χ1n) is 10.9. The van der Waals surface area contributed by atoms with Crippen molar-refractivity contribution < 1.29 is 14.0 Å². The van der Waals surface area contributed by atoms with Gasteiger partial charge in [-0.05, 0) is 37.6 Å². The Kier molecular flexibility index (Phi) is 7.17. The molecule has 1 fully saturated rings. The second-order valence-corrected chi connectivity index (χ2v) is 7.75. The van der Waals surface area contributed by atoms with Gasteiger partial charge in [0.2, 0.25) is 11.7 Å². The van der Waals surface area contributed by atoms with Crippen molar-refractivity contribution in [3.8, 4) is 22.9 Å². The average molecular weight is 423 g/mol. The fraction of sp³-hybridized carbons (Fsp3) is 0.417. The molecule has 7 nitrogen and oxygen atoms in total. The molecule has 7 heteroatoms. The van der Waals surface area contributed by atoms with Gasteiger partial charge in [0.15, 0.2) is 0 Å². The van der Waals surface area contributed by atoms with Gasteiger partial charge in [0, 0.05) is 38.3 Å². The van der Waals surface area contributed by atoms with Gasteiger partial charge in [0.05, 0.1) is 19.8 Å². The molecule has 1 saturated heterocycles. The molecule has 164 valence electrons. The Morgan fingerprint density at radius 3 is 2.39 bits per heavy atom. The van der Waals surface area contributed by atoms with Gasteiger partial charge >= 0.3 is 0 Å². The number of aromatic nitrogens is 2. The monoisotopic (exact) mass is 422 g/mol. The number of piperazine rings is 1. The van der Waals surface area contributed by atoms with Crippen molar-refractivity contribution in [2.45, 2.75) is 19.4 Å². The number of benzene rings is 2. The Labute approximate surface area is 183 Å². The van der Waals surface area contributed by atoms with Crippen LogP contribution in [0.15, 0.2) is 59.1 Å². The molecule has 1 unspecified atom stereocenters. The summed E-state index contributed by atoms with van der Waals surface area (Å²) in [5.41, 5.74) is 0.978. The zero-order valence-corrected chi connectivity index (χ0v) is 18.2. The Morgan fingerprint density at radius 1 is 0.968 bits per heavy atom. The number of rotatable bonds is 9. The normalized spacial score (nSPS) is 16.2. The standard InChI is InChI=1S/C24H30N4O3/c1-19(24-25-23(26-31-24)20-7-4-3-5-8-20)28-16-14-27(15-17-28)13-6-18-30-22-11-9-21(29-2)10-12-22/h3-5,7-12,19H,6,13-18H2,1-2H3. The molecule has 4 rings (SSSR count). The lowest BCUT2D eigenvalue weighted by molar-refractivity contribution is 0.0852. The summed E-state index contributed by atoms with van der Waals surface area (Å²) in [6.07, 6.45) is 1.01. The van der Waals surface area contributed by atoms with E-state index in [0.717, 1.165) is 56.2 Å². The highest BCUT2D eigenvalue weighted by Gasteiger charge is 2.25. The van der Waals surface area contributed by atoms with Gasteiger partial charge in [0.25, 0.3) is 0 Å². The maximum Gasteiger partial charge on any atom is 0.244 e. The van der Waals surface area contributed by atoms with Crippen LogP contribution in [0.1, 0.15) is 25.3 Å². The highest BCUT2D eigenvalue weighted by Crippen LogP contribution is 2.23. The van der Waals surface area contributed by atoms with Crippen LogP contribution in [0.3, 0.4) is 0 Å². The highest BCUT2D eigenvalue weighted by molar-refractivity contribution is 5.53. The minimum atomic E-state index is 0.116. The first-order chi connectivity index (χ1) is 15.2. The minimum absolute atomic E-state index is 0.116. The van der Waals surface area contributed by atoms with E-state index >= 15 is 0 Å². The lowest BCUT2D eigenvalue weighted by Gasteiger charge is -2.36. The van der Waals surface area contributed by atoms with Crippen LogP contribution in [0, 0.1) is 0 Å². The quantitative estimate of drug-likeness (QED) is 0.485. The Balaban J connectivity index is 1.18. The molecule has 3 aromatic rings. The molecular weight excluding hydrogens is 392 g/mol. The summed E-state index contributed by atoms with van der Waals surface area (Å²) in [5.74, 6) is 3.06. The molecule has 1 atom stereocenters. The lowest BCUT2D eigenvalue weighted by Crippen LogP contribution is -2.47. The SMILES string of the molecule is COc1ccc(OCCCN2CCN(C(C)c3nc(-c4ccccc4)no3)CC2)cc1. The first kappa shape index (κ1) is 21.3. The predicted molar refractivity (Wildman–Crippen MR) is 119 cm³/mol. The van der Waals surface area contributed by atoms with E-state index in [0.29, 0.717) is 18.3 Å². The molecule has 1 aliphatic heterocycles. The fourth-order valence-electron chi connectivity index (χ4n) is 3.79. The molecular formula is C24H30N4O3. The molecule has 1 aliphatic rings. The average Bonchev–Trinajstić information content (AvgIpc) is 3.33. The number of ether oxygens (including phenoxy) is 2. The third-order valence-corrected chi connectivity index (χ3v) is 5.73. The van der Waals surface area contributed by atoms with E-state index in [2.05, 4.69) is 26.9 Å². The van der Waals surface area contributed by atoms with Crippen LogP contribution in [-0.4, -0.2) is 66.4 Å². The number of hydrogen-bond donors (Lipinski definition) is 0. The van der Waals surface area contributed by atoms with Crippen molar-refractivity contribution >= 4 is 0 Å². The van der Waals surface area contributed by atoms with Gasteiger partial charge in [-0.1, -0.05) is 35.5 Å². The molecule has 0 spiro atoms. The maximum atomic E-state index is 5.83. The Bertz CT molecular complexity index is 922. The third kappa shape index (κ3) is 5.62. The van der Waals surface area contributed by atoms with E-state index in [4.69, 9.17) is 14.0 Å². The molecule has 0 aliphatic carbocycles. The number of hydrogen-bond acceptors (Lipinski definition) is 7. The predicted octanol–water partition coefficient (Wildman–Crippen LogP) is 3.89. The van der Waals surface area contributed by atoms with Gasteiger partial charge < -0.3 is 18.9 Å². The van der Waals surface area contributed by atoms with Crippen LogP contribution < -0.4 is 9.47 Å². The van der Waals surface area contributed by atoms with E-state index in [1.807, 2.05) is 54.6 Å². The highest BCUT2D eigenvalue weighted by atomic mass is 16.5. The fourth-order valence-corrected chi connectivity index (χ4v) is 3.79. The second-order valence-electron chi connectivity index (χ2n) is 7.75. The van der Waals surface area contributed by atoms with Crippen molar-refractivity contribution in [3.05, 3.63) is 60.5 Å². The van der Waals surface area contributed by atoms with Crippen molar-refractivity contribution in [2.24, 2.45) is 0 Å². The summed E-state index contributed by atoms with van der Waals surface area (Å²) >= 11 is 0. The largest absolute Gasteiger partial charge is 0.497 e. The molecule has 0 bridgehead atoms. The smallest absolute Gasteiger partial charge is 0.244 e. The van der Waals surface area contributed by atoms with Crippen LogP contribution in [0.4, 0.5) is 0 Å². The van der Waals surface area contributed by atoms with E-state index < -0.39 is 0 Å². The molecule has 31 heavy (non-hydrogen) atoms. The van der Waals surface area contributed by atoms with Gasteiger partial charge in [0.1, 0.15) is 11.5 Å². The molecule has 2 heterocycles. The van der Waals surface area contributed by atoms with Crippen molar-refractivity contribution in [1.29, 1.82) is 0 Å². The molecule has 2 aromatic carbocycles. The minimum Gasteiger partial charge on any atom is -0.497 e. The van der Waals surface area contributed by atoms with Crippen molar-refractivity contribution in [2.75, 3.05) is 46.4 Å².